The summed E-state index contributed by atoms with van der Waals surface area (Å²) in [4.78, 5) is 36.1. The predicted octanol–water partition coefficient (Wildman–Crippen LogP) is 7.03. The molecule has 1 amide bonds. The van der Waals surface area contributed by atoms with Crippen LogP contribution in [0.25, 0.3) is 33.6 Å². The van der Waals surface area contributed by atoms with Crippen LogP contribution in [-0.4, -0.2) is 30.2 Å². The third-order valence-corrected chi connectivity index (χ3v) is 8.31. The summed E-state index contributed by atoms with van der Waals surface area (Å²) in [5.41, 5.74) is 5.62. The van der Waals surface area contributed by atoms with Crippen molar-refractivity contribution in [1.29, 1.82) is 0 Å². The van der Waals surface area contributed by atoms with E-state index in [1.807, 2.05) is 56.4 Å². The maximum absolute atomic E-state index is 13.8. The first-order valence-corrected chi connectivity index (χ1v) is 14.5. The molecule has 2 bridgehead atoms. The van der Waals surface area contributed by atoms with Gasteiger partial charge in [-0.1, -0.05) is 60.8 Å². The van der Waals surface area contributed by atoms with E-state index in [-0.39, 0.29) is 23.4 Å². The fraction of sp³-hybridized carbons (Fsp3) is 0.219. The molecule has 3 aromatic heterocycles. The molecule has 8 nitrogen and oxygen atoms in total. The number of anilines is 1. The average molecular weight is 600 g/mol. The van der Waals surface area contributed by atoms with Crippen molar-refractivity contribution >= 4 is 34.8 Å². The topological polar surface area (TPSA) is 94.7 Å². The van der Waals surface area contributed by atoms with Gasteiger partial charge in [0, 0.05) is 52.0 Å². The highest BCUT2D eigenvalue weighted by Crippen LogP contribution is 2.37. The highest BCUT2D eigenvalue weighted by Gasteiger charge is 2.24. The first-order chi connectivity index (χ1) is 20.3. The first kappa shape index (κ1) is 27.9. The zero-order chi connectivity index (χ0) is 29.4. The van der Waals surface area contributed by atoms with Crippen molar-refractivity contribution in [1.82, 2.24) is 24.3 Å². The second-order valence-corrected chi connectivity index (χ2v) is 11.4. The number of carbonyl (C=O) groups excluding carboxylic acids is 1. The Morgan fingerprint density at radius 1 is 0.929 bits per heavy atom. The summed E-state index contributed by atoms with van der Waals surface area (Å²) >= 11 is 12.9. The highest BCUT2D eigenvalue weighted by atomic mass is 35.5. The number of pyridine rings is 1. The van der Waals surface area contributed by atoms with Crippen molar-refractivity contribution in [3.05, 3.63) is 105 Å². The molecule has 2 aromatic carbocycles. The van der Waals surface area contributed by atoms with E-state index in [1.165, 1.54) is 6.07 Å². The predicted molar refractivity (Wildman–Crippen MR) is 166 cm³/mol. The SMILES string of the molecule is C[C@@H]1CCC[C@H](n2cnc(-c3cc(Cl)ccc3-c3ccccc3Cl)cc2=O)c2cc(ccn2)-c2c(cnn2C)NC1=O. The van der Waals surface area contributed by atoms with Gasteiger partial charge in [-0.15, -0.1) is 0 Å². The largest absolute Gasteiger partial charge is 0.323 e. The van der Waals surface area contributed by atoms with E-state index in [4.69, 9.17) is 28.2 Å². The Morgan fingerprint density at radius 3 is 2.57 bits per heavy atom. The Morgan fingerprint density at radius 2 is 1.76 bits per heavy atom. The summed E-state index contributed by atoms with van der Waals surface area (Å²) in [5, 5.41) is 8.52. The lowest BCUT2D eigenvalue weighted by Crippen LogP contribution is -2.27. The van der Waals surface area contributed by atoms with Crippen molar-refractivity contribution in [2.75, 3.05) is 5.32 Å². The van der Waals surface area contributed by atoms with Crippen LogP contribution in [0.15, 0.2) is 84.2 Å². The normalized spacial score (nSPS) is 17.1. The van der Waals surface area contributed by atoms with Crippen LogP contribution in [-0.2, 0) is 11.8 Å². The van der Waals surface area contributed by atoms with Crippen LogP contribution >= 0.6 is 23.2 Å². The van der Waals surface area contributed by atoms with E-state index in [1.54, 1.807) is 40.1 Å². The Labute approximate surface area is 253 Å². The number of hydrogen-bond donors (Lipinski definition) is 1. The summed E-state index contributed by atoms with van der Waals surface area (Å²) < 4.78 is 3.35. The van der Waals surface area contributed by atoms with Crippen LogP contribution in [0.3, 0.4) is 0 Å². The van der Waals surface area contributed by atoms with Gasteiger partial charge >= 0.3 is 0 Å². The molecule has 5 aromatic rings. The van der Waals surface area contributed by atoms with Gasteiger partial charge in [-0.25, -0.2) is 4.98 Å². The minimum absolute atomic E-state index is 0.0605. The number of aromatic nitrogens is 5. The number of halogens is 2. The molecular formula is C32H28Cl2N6O2. The number of nitrogens with zero attached hydrogens (tertiary/aromatic N) is 5. The summed E-state index contributed by atoms with van der Waals surface area (Å²) in [6.07, 6.45) is 6.93. The molecule has 10 heteroatoms. The van der Waals surface area contributed by atoms with E-state index < -0.39 is 0 Å². The lowest BCUT2D eigenvalue weighted by molar-refractivity contribution is -0.119. The number of rotatable bonds is 3. The van der Waals surface area contributed by atoms with Gasteiger partial charge in [-0.2, -0.15) is 5.10 Å². The number of nitrogens with one attached hydrogen (secondary N) is 1. The lowest BCUT2D eigenvalue weighted by Gasteiger charge is -2.22. The minimum Gasteiger partial charge on any atom is -0.323 e. The quantitative estimate of drug-likeness (QED) is 0.240. The van der Waals surface area contributed by atoms with E-state index in [2.05, 4.69) is 15.4 Å². The molecule has 0 fully saturated rings. The Kier molecular flexibility index (Phi) is 7.66. The Bertz CT molecular complexity index is 1860. The highest BCUT2D eigenvalue weighted by molar-refractivity contribution is 6.34. The number of amides is 1. The molecule has 0 aliphatic carbocycles. The molecule has 0 saturated carbocycles. The molecule has 0 unspecified atom stereocenters. The smallest absolute Gasteiger partial charge is 0.254 e. The van der Waals surface area contributed by atoms with Gasteiger partial charge in [-0.3, -0.25) is 23.8 Å². The monoisotopic (exact) mass is 598 g/mol. The van der Waals surface area contributed by atoms with Gasteiger partial charge in [-0.05, 0) is 48.7 Å². The van der Waals surface area contributed by atoms with E-state index in [0.717, 1.165) is 28.1 Å². The van der Waals surface area contributed by atoms with Crippen molar-refractivity contribution in [3.63, 3.8) is 0 Å². The number of carbonyl (C=O) groups is 1. The fourth-order valence-corrected chi connectivity index (χ4v) is 5.93. The Balaban J connectivity index is 1.44. The molecule has 212 valence electrons. The summed E-state index contributed by atoms with van der Waals surface area (Å²) in [7, 11) is 1.83. The van der Waals surface area contributed by atoms with Crippen molar-refractivity contribution < 1.29 is 4.79 Å². The molecule has 1 N–H and O–H groups in total. The zero-order valence-corrected chi connectivity index (χ0v) is 24.6. The second kappa shape index (κ2) is 11.5. The summed E-state index contributed by atoms with van der Waals surface area (Å²) in [6, 6.07) is 18.0. The molecule has 1 aliphatic rings. The van der Waals surface area contributed by atoms with Gasteiger partial charge in [0.15, 0.2) is 0 Å². The molecule has 0 spiro atoms. The van der Waals surface area contributed by atoms with Crippen molar-refractivity contribution in [2.45, 2.75) is 32.2 Å². The average Bonchev–Trinajstić information content (AvgIpc) is 3.35. The van der Waals surface area contributed by atoms with Crippen LogP contribution in [0.5, 0.6) is 0 Å². The van der Waals surface area contributed by atoms with E-state index in [9.17, 15) is 9.59 Å². The molecule has 42 heavy (non-hydrogen) atoms. The second-order valence-electron chi connectivity index (χ2n) is 10.5. The van der Waals surface area contributed by atoms with Crippen LogP contribution in [0.2, 0.25) is 10.0 Å². The van der Waals surface area contributed by atoms with Crippen LogP contribution < -0.4 is 10.9 Å². The lowest BCUT2D eigenvalue weighted by atomic mass is 9.96. The standard InChI is InChI=1S/C32H28Cl2N6O2/c1-19-6-5-9-29(27-14-20(12-13-35-27)31-28(38-32(19)42)17-37-39(31)2)40-18-36-26(16-30(40)41)24-15-21(33)10-11-22(24)23-7-3-4-8-25(23)34/h3-4,7-8,10-19,29H,5-6,9H2,1-2H3,(H,38,42)/t19-,29+/m1/s1. The third-order valence-electron chi connectivity index (χ3n) is 7.75. The van der Waals surface area contributed by atoms with E-state index >= 15 is 0 Å². The number of fused-ring (bicyclic) bond motifs is 4. The van der Waals surface area contributed by atoms with Crippen molar-refractivity contribution in [2.24, 2.45) is 13.0 Å². The number of aryl methyl sites for hydroxylation is 1. The van der Waals surface area contributed by atoms with Gasteiger partial charge in [0.2, 0.25) is 5.91 Å². The molecule has 2 atom stereocenters. The molecule has 4 heterocycles. The van der Waals surface area contributed by atoms with Gasteiger partial charge in [0.25, 0.3) is 5.56 Å². The Hall–Kier alpha value is -4.27. The molecule has 6 rings (SSSR count). The molecule has 1 aliphatic heterocycles. The number of benzene rings is 2. The van der Waals surface area contributed by atoms with Gasteiger partial charge in [0.1, 0.15) is 0 Å². The molecular weight excluding hydrogens is 571 g/mol. The fourth-order valence-electron chi connectivity index (χ4n) is 5.52. The number of hydrogen-bond acceptors (Lipinski definition) is 5. The van der Waals surface area contributed by atoms with E-state index in [0.29, 0.717) is 46.3 Å². The zero-order valence-electron chi connectivity index (χ0n) is 23.1. The maximum Gasteiger partial charge on any atom is 0.254 e. The maximum atomic E-state index is 13.8. The van der Waals surface area contributed by atoms with Crippen LogP contribution in [0.4, 0.5) is 5.69 Å². The molecule has 0 radical (unpaired) electrons. The first-order valence-electron chi connectivity index (χ1n) is 13.7. The van der Waals surface area contributed by atoms with Crippen LogP contribution in [0, 0.1) is 5.92 Å². The third kappa shape index (κ3) is 5.35. The van der Waals surface area contributed by atoms with Crippen LogP contribution in [0.1, 0.15) is 37.9 Å². The summed E-state index contributed by atoms with van der Waals surface area (Å²) in [6.45, 7) is 1.91. The molecule has 0 saturated heterocycles. The minimum atomic E-state index is -0.382. The summed E-state index contributed by atoms with van der Waals surface area (Å²) in [5.74, 6) is -0.276. The van der Waals surface area contributed by atoms with Crippen molar-refractivity contribution in [3.8, 4) is 33.6 Å². The van der Waals surface area contributed by atoms with Gasteiger partial charge in [0.05, 0.1) is 41.3 Å². The van der Waals surface area contributed by atoms with Gasteiger partial charge < -0.3 is 5.32 Å².